The molecule has 0 saturated heterocycles. The van der Waals surface area contributed by atoms with E-state index in [4.69, 9.17) is 15.7 Å². The molecule has 3 N–H and O–H groups in total. The minimum absolute atomic E-state index is 0.182. The van der Waals surface area contributed by atoms with Crippen molar-refractivity contribution in [1.82, 2.24) is 14.7 Å². The lowest BCUT2D eigenvalue weighted by Crippen LogP contribution is -2.37. The number of hydrogen-bond donors (Lipinski definition) is 2. The Morgan fingerprint density at radius 2 is 2.06 bits per heavy atom. The highest BCUT2D eigenvalue weighted by molar-refractivity contribution is 5.95. The van der Waals surface area contributed by atoms with Gasteiger partial charge in [-0.1, -0.05) is 6.07 Å². The molecule has 0 aliphatic rings. The molecule has 0 spiro atoms. The monoisotopic (exact) mass is 441 g/mol. The molecular weight excluding hydrogens is 416 g/mol. The van der Waals surface area contributed by atoms with Crippen LogP contribution in [-0.4, -0.2) is 27.9 Å². The molecule has 168 valence electrons. The van der Waals surface area contributed by atoms with Crippen molar-refractivity contribution in [2.75, 3.05) is 6.54 Å². The number of carbonyl (C=O) groups is 1. The number of rotatable bonds is 9. The van der Waals surface area contributed by atoms with E-state index in [9.17, 15) is 13.6 Å². The molecule has 3 rings (SSSR count). The van der Waals surface area contributed by atoms with Crippen LogP contribution in [0.4, 0.5) is 8.78 Å². The first-order chi connectivity index (χ1) is 15.3. The van der Waals surface area contributed by atoms with Crippen molar-refractivity contribution in [2.24, 2.45) is 5.73 Å². The zero-order chi connectivity index (χ0) is 23.3. The predicted molar refractivity (Wildman–Crippen MR) is 115 cm³/mol. The second-order valence-electron chi connectivity index (χ2n) is 7.63. The summed E-state index contributed by atoms with van der Waals surface area (Å²) in [4.78, 5) is 17.3. The number of fused-ring (bicyclic) bond motifs is 1. The summed E-state index contributed by atoms with van der Waals surface area (Å²) in [5.41, 5.74) is 7.78. The maximum Gasteiger partial charge on any atom is 0.270 e. The standard InChI is InChI=1S/C23H25F2N5O2/c1-14-10-20(32-13-17-18(24)7-5-8-19(17)25)22-29-15(2)21(30(22)12-14)23(31)28-11-16(27)6-3-4-9-26/h5,7-8,10,12,16H,3-4,6,11,13,27H2,1-2H3,(H,28,31). The summed E-state index contributed by atoms with van der Waals surface area (Å²) in [6.07, 6.45) is 3.47. The lowest BCUT2D eigenvalue weighted by atomic mass is 10.1. The molecule has 0 saturated carbocycles. The van der Waals surface area contributed by atoms with Gasteiger partial charge < -0.3 is 15.8 Å². The number of benzene rings is 1. The van der Waals surface area contributed by atoms with E-state index in [1.54, 1.807) is 23.6 Å². The second-order valence-corrected chi connectivity index (χ2v) is 7.63. The van der Waals surface area contributed by atoms with Crippen molar-refractivity contribution in [3.8, 4) is 11.8 Å². The van der Waals surface area contributed by atoms with Gasteiger partial charge in [0.05, 0.1) is 17.3 Å². The fraction of sp³-hybridized carbons (Fsp3) is 0.348. The van der Waals surface area contributed by atoms with E-state index in [1.807, 2.05) is 6.92 Å². The average molecular weight is 441 g/mol. The van der Waals surface area contributed by atoms with E-state index >= 15 is 0 Å². The molecule has 0 bridgehead atoms. The molecule has 1 atom stereocenters. The number of carbonyl (C=O) groups excluding carboxylic acids is 1. The van der Waals surface area contributed by atoms with Crippen LogP contribution in [0, 0.1) is 36.8 Å². The number of aromatic nitrogens is 2. The van der Waals surface area contributed by atoms with Crippen LogP contribution in [0.15, 0.2) is 30.5 Å². The molecular formula is C23H25F2N5O2. The molecule has 32 heavy (non-hydrogen) atoms. The van der Waals surface area contributed by atoms with E-state index in [0.717, 1.165) is 5.56 Å². The highest BCUT2D eigenvalue weighted by Crippen LogP contribution is 2.26. The van der Waals surface area contributed by atoms with Gasteiger partial charge in [0.2, 0.25) is 0 Å². The average Bonchev–Trinajstić information content (AvgIpc) is 3.07. The van der Waals surface area contributed by atoms with Crippen LogP contribution >= 0.6 is 0 Å². The van der Waals surface area contributed by atoms with E-state index < -0.39 is 11.6 Å². The number of aryl methyl sites for hydroxylation is 2. The summed E-state index contributed by atoms with van der Waals surface area (Å²) in [6.45, 7) is 3.46. The zero-order valence-electron chi connectivity index (χ0n) is 18.0. The van der Waals surface area contributed by atoms with Crippen molar-refractivity contribution < 1.29 is 18.3 Å². The Bertz CT molecular complexity index is 1150. The minimum atomic E-state index is -0.695. The maximum absolute atomic E-state index is 13.9. The van der Waals surface area contributed by atoms with Crippen LogP contribution in [0.25, 0.3) is 5.65 Å². The summed E-state index contributed by atoms with van der Waals surface area (Å²) >= 11 is 0. The van der Waals surface area contributed by atoms with Crippen molar-refractivity contribution in [3.63, 3.8) is 0 Å². The molecule has 2 aromatic heterocycles. The van der Waals surface area contributed by atoms with Crippen LogP contribution in [0.5, 0.6) is 5.75 Å². The second kappa shape index (κ2) is 10.2. The maximum atomic E-state index is 13.9. The Kier molecular flexibility index (Phi) is 7.38. The number of unbranched alkanes of at least 4 members (excludes halogenated alkanes) is 1. The largest absolute Gasteiger partial charge is 0.485 e. The Balaban J connectivity index is 1.81. The predicted octanol–water partition coefficient (Wildman–Crippen LogP) is 3.56. The lowest BCUT2D eigenvalue weighted by molar-refractivity contribution is 0.0944. The fourth-order valence-electron chi connectivity index (χ4n) is 3.41. The van der Waals surface area contributed by atoms with E-state index in [-0.39, 0.29) is 30.7 Å². The number of imidazole rings is 1. The third kappa shape index (κ3) is 5.21. The number of nitriles is 1. The first-order valence-electron chi connectivity index (χ1n) is 10.3. The van der Waals surface area contributed by atoms with Gasteiger partial charge in [-0.15, -0.1) is 0 Å². The Morgan fingerprint density at radius 3 is 2.75 bits per heavy atom. The molecule has 1 unspecified atom stereocenters. The first-order valence-corrected chi connectivity index (χ1v) is 10.3. The van der Waals surface area contributed by atoms with Gasteiger partial charge in [0.25, 0.3) is 5.91 Å². The summed E-state index contributed by atoms with van der Waals surface area (Å²) in [5, 5.41) is 11.4. The van der Waals surface area contributed by atoms with Crippen LogP contribution in [0.1, 0.15) is 46.6 Å². The molecule has 0 aliphatic carbocycles. The van der Waals surface area contributed by atoms with Gasteiger partial charge in [0.1, 0.15) is 23.9 Å². The number of amides is 1. The van der Waals surface area contributed by atoms with Crippen LogP contribution in [0.2, 0.25) is 0 Å². The summed E-state index contributed by atoms with van der Waals surface area (Å²) < 4.78 is 35.2. The Morgan fingerprint density at radius 1 is 1.34 bits per heavy atom. The fourth-order valence-corrected chi connectivity index (χ4v) is 3.41. The van der Waals surface area contributed by atoms with E-state index in [0.29, 0.717) is 42.0 Å². The molecule has 9 heteroatoms. The normalized spacial score (nSPS) is 11.9. The van der Waals surface area contributed by atoms with Gasteiger partial charge in [-0.2, -0.15) is 5.26 Å². The number of hydrogen-bond acceptors (Lipinski definition) is 5. The van der Waals surface area contributed by atoms with Crippen LogP contribution < -0.4 is 15.8 Å². The number of nitrogens with two attached hydrogens (primary N) is 1. The number of ether oxygens (including phenoxy) is 1. The molecule has 7 nitrogen and oxygen atoms in total. The topological polar surface area (TPSA) is 105 Å². The molecule has 1 aromatic carbocycles. The van der Waals surface area contributed by atoms with E-state index in [2.05, 4.69) is 16.4 Å². The third-order valence-electron chi connectivity index (χ3n) is 5.03. The summed E-state index contributed by atoms with van der Waals surface area (Å²) in [7, 11) is 0. The smallest absolute Gasteiger partial charge is 0.270 e. The van der Waals surface area contributed by atoms with Crippen LogP contribution in [0.3, 0.4) is 0 Å². The minimum Gasteiger partial charge on any atom is -0.485 e. The number of nitrogens with zero attached hydrogens (tertiary/aromatic N) is 3. The van der Waals surface area contributed by atoms with Gasteiger partial charge in [0, 0.05) is 25.2 Å². The quantitative estimate of drug-likeness (QED) is 0.494. The zero-order valence-corrected chi connectivity index (χ0v) is 18.0. The van der Waals surface area contributed by atoms with Gasteiger partial charge in [-0.3, -0.25) is 9.20 Å². The molecule has 0 radical (unpaired) electrons. The molecule has 3 aromatic rings. The highest BCUT2D eigenvalue weighted by atomic mass is 19.1. The van der Waals surface area contributed by atoms with Gasteiger partial charge in [0.15, 0.2) is 11.4 Å². The number of pyridine rings is 1. The van der Waals surface area contributed by atoms with Crippen molar-refractivity contribution in [3.05, 3.63) is 64.6 Å². The van der Waals surface area contributed by atoms with Gasteiger partial charge in [-0.25, -0.2) is 13.8 Å². The van der Waals surface area contributed by atoms with Crippen LogP contribution in [-0.2, 0) is 6.61 Å². The molecule has 0 aliphatic heterocycles. The number of halogens is 2. The Labute approximate surface area is 184 Å². The van der Waals surface area contributed by atoms with E-state index in [1.165, 1.54) is 18.2 Å². The van der Waals surface area contributed by atoms with Gasteiger partial charge >= 0.3 is 0 Å². The number of nitrogens with one attached hydrogen (secondary N) is 1. The summed E-state index contributed by atoms with van der Waals surface area (Å²) in [6, 6.07) is 7.13. The third-order valence-corrected chi connectivity index (χ3v) is 5.03. The molecule has 1 amide bonds. The first kappa shape index (κ1) is 23.2. The molecule has 0 fully saturated rings. The van der Waals surface area contributed by atoms with Crippen molar-refractivity contribution >= 4 is 11.6 Å². The molecule has 2 heterocycles. The summed E-state index contributed by atoms with van der Waals surface area (Å²) in [5.74, 6) is -1.43. The lowest BCUT2D eigenvalue weighted by Gasteiger charge is -2.13. The Hall–Kier alpha value is -3.51. The van der Waals surface area contributed by atoms with Crippen molar-refractivity contribution in [2.45, 2.75) is 45.8 Å². The highest BCUT2D eigenvalue weighted by Gasteiger charge is 2.20. The SMILES string of the molecule is Cc1cc(OCc2c(F)cccc2F)c2nc(C)c(C(=O)NCC(N)CCCC#N)n2c1. The van der Waals surface area contributed by atoms with Gasteiger partial charge in [-0.05, 0) is 50.5 Å². The van der Waals surface area contributed by atoms with Crippen molar-refractivity contribution in [1.29, 1.82) is 5.26 Å².